The minimum Gasteiger partial charge on any atom is -0.343 e. The van der Waals surface area contributed by atoms with Gasteiger partial charge >= 0.3 is 11.8 Å². The van der Waals surface area contributed by atoms with Gasteiger partial charge in [0.25, 0.3) is 0 Å². The predicted molar refractivity (Wildman–Crippen MR) is 81.3 cm³/mol. The topological polar surface area (TPSA) is 58.2 Å². The lowest BCUT2D eigenvalue weighted by Crippen LogP contribution is -2.49. The number of benzene rings is 1. The Labute approximate surface area is 129 Å². The van der Waals surface area contributed by atoms with Crippen LogP contribution in [-0.4, -0.2) is 17.4 Å². The highest BCUT2D eigenvalue weighted by atomic mass is 19.1. The van der Waals surface area contributed by atoms with E-state index in [2.05, 4.69) is 10.6 Å². The van der Waals surface area contributed by atoms with Gasteiger partial charge in [-0.15, -0.1) is 0 Å². The summed E-state index contributed by atoms with van der Waals surface area (Å²) in [5, 5.41) is 4.75. The van der Waals surface area contributed by atoms with Crippen LogP contribution in [0.15, 0.2) is 18.2 Å². The summed E-state index contributed by atoms with van der Waals surface area (Å²) in [5.41, 5.74) is -0.861. The lowest BCUT2D eigenvalue weighted by Gasteiger charge is -2.33. The van der Waals surface area contributed by atoms with E-state index in [0.717, 1.165) is 12.1 Å². The summed E-state index contributed by atoms with van der Waals surface area (Å²) < 4.78 is 26.2. The number of halogens is 2. The van der Waals surface area contributed by atoms with Crippen LogP contribution < -0.4 is 10.6 Å². The molecule has 0 aliphatic heterocycles. The van der Waals surface area contributed by atoms with Crippen LogP contribution in [0.5, 0.6) is 0 Å². The number of hydrogen-bond donors (Lipinski definition) is 2. The second kappa shape index (κ2) is 6.42. The lowest BCUT2D eigenvalue weighted by atomic mass is 9.82. The normalized spacial score (nSPS) is 12.0. The van der Waals surface area contributed by atoms with E-state index in [9.17, 15) is 18.4 Å². The van der Waals surface area contributed by atoms with E-state index in [1.807, 2.05) is 34.6 Å². The summed E-state index contributed by atoms with van der Waals surface area (Å²) in [6.07, 6.45) is 0.657. The van der Waals surface area contributed by atoms with E-state index in [1.165, 1.54) is 0 Å². The summed E-state index contributed by atoms with van der Waals surface area (Å²) in [6.45, 7) is 9.68. The second-order valence-corrected chi connectivity index (χ2v) is 7.15. The van der Waals surface area contributed by atoms with Gasteiger partial charge in [-0.1, -0.05) is 20.8 Å². The maximum absolute atomic E-state index is 13.4. The van der Waals surface area contributed by atoms with E-state index < -0.39 is 29.0 Å². The zero-order valence-corrected chi connectivity index (χ0v) is 13.5. The Morgan fingerprint density at radius 3 is 2.14 bits per heavy atom. The van der Waals surface area contributed by atoms with Gasteiger partial charge in [-0.2, -0.15) is 0 Å². The van der Waals surface area contributed by atoms with Crippen LogP contribution in [0.3, 0.4) is 0 Å². The Kier molecular flexibility index (Phi) is 5.27. The number of hydrogen-bond acceptors (Lipinski definition) is 2. The third kappa shape index (κ3) is 5.79. The Morgan fingerprint density at radius 1 is 1.05 bits per heavy atom. The molecular formula is C16H22F2N2O2. The van der Waals surface area contributed by atoms with Crippen LogP contribution in [0.25, 0.3) is 0 Å². The molecule has 6 heteroatoms. The van der Waals surface area contributed by atoms with Gasteiger partial charge in [0.05, 0.1) is 5.69 Å². The fraction of sp³-hybridized carbons (Fsp3) is 0.500. The predicted octanol–water partition coefficient (Wildman–Crippen LogP) is 3.23. The molecule has 0 saturated carbocycles. The molecule has 0 aliphatic rings. The molecule has 2 N–H and O–H groups in total. The molecule has 0 atom stereocenters. The van der Waals surface area contributed by atoms with Crippen molar-refractivity contribution in [3.8, 4) is 0 Å². The van der Waals surface area contributed by atoms with E-state index in [1.54, 1.807) is 0 Å². The first-order valence-electron chi connectivity index (χ1n) is 6.98. The highest BCUT2D eigenvalue weighted by Crippen LogP contribution is 2.26. The zero-order valence-electron chi connectivity index (χ0n) is 13.5. The Balaban J connectivity index is 2.71. The molecule has 1 aromatic carbocycles. The molecule has 0 unspecified atom stereocenters. The number of carbonyl (C=O) groups excluding carboxylic acids is 2. The number of nitrogens with one attached hydrogen (secondary N) is 2. The molecule has 4 nitrogen and oxygen atoms in total. The van der Waals surface area contributed by atoms with Crippen molar-refractivity contribution in [1.29, 1.82) is 0 Å². The van der Waals surface area contributed by atoms with Gasteiger partial charge in [0.15, 0.2) is 0 Å². The van der Waals surface area contributed by atoms with Gasteiger partial charge in [-0.3, -0.25) is 9.59 Å². The molecule has 22 heavy (non-hydrogen) atoms. The van der Waals surface area contributed by atoms with Crippen LogP contribution >= 0.6 is 0 Å². The van der Waals surface area contributed by atoms with Crippen LogP contribution in [0.2, 0.25) is 0 Å². The molecule has 0 bridgehead atoms. The van der Waals surface area contributed by atoms with E-state index in [0.29, 0.717) is 12.5 Å². The van der Waals surface area contributed by atoms with Gasteiger partial charge in [-0.25, -0.2) is 8.78 Å². The highest BCUT2D eigenvalue weighted by molar-refractivity contribution is 6.39. The van der Waals surface area contributed by atoms with Crippen molar-refractivity contribution < 1.29 is 18.4 Å². The fourth-order valence-corrected chi connectivity index (χ4v) is 2.50. The SMILES string of the molecule is CC(C)(C)CC(C)(C)NC(=O)C(=O)Nc1ccc(F)cc1F. The molecule has 1 rings (SSSR count). The number of carbonyl (C=O) groups is 2. The average Bonchev–Trinajstić information content (AvgIpc) is 2.28. The molecule has 0 spiro atoms. The smallest absolute Gasteiger partial charge is 0.313 e. The molecule has 0 heterocycles. The van der Waals surface area contributed by atoms with Crippen molar-refractivity contribution >= 4 is 17.5 Å². The van der Waals surface area contributed by atoms with Crippen LogP contribution in [-0.2, 0) is 9.59 Å². The van der Waals surface area contributed by atoms with Crippen molar-refractivity contribution in [1.82, 2.24) is 5.32 Å². The van der Waals surface area contributed by atoms with Crippen molar-refractivity contribution in [2.45, 2.75) is 46.6 Å². The Hall–Kier alpha value is -1.98. The lowest BCUT2D eigenvalue weighted by molar-refractivity contribution is -0.137. The summed E-state index contributed by atoms with van der Waals surface area (Å²) >= 11 is 0. The molecule has 0 aliphatic carbocycles. The summed E-state index contributed by atoms with van der Waals surface area (Å²) in [4.78, 5) is 23.7. The molecule has 0 saturated heterocycles. The molecule has 2 amide bonds. The maximum Gasteiger partial charge on any atom is 0.313 e. The summed E-state index contributed by atoms with van der Waals surface area (Å²) in [7, 11) is 0. The number of amides is 2. The van der Waals surface area contributed by atoms with Gasteiger partial charge in [0, 0.05) is 11.6 Å². The summed E-state index contributed by atoms with van der Waals surface area (Å²) in [5.74, 6) is -3.55. The second-order valence-electron chi connectivity index (χ2n) is 7.15. The quantitative estimate of drug-likeness (QED) is 0.842. The number of rotatable bonds is 3. The monoisotopic (exact) mass is 312 g/mol. The van der Waals surface area contributed by atoms with E-state index in [4.69, 9.17) is 0 Å². The summed E-state index contributed by atoms with van der Waals surface area (Å²) in [6, 6.07) is 2.70. The minimum absolute atomic E-state index is 0.0314. The van der Waals surface area contributed by atoms with Crippen LogP contribution in [0, 0.1) is 17.0 Å². The maximum atomic E-state index is 13.4. The van der Waals surface area contributed by atoms with E-state index in [-0.39, 0.29) is 11.1 Å². The number of anilines is 1. The standard InChI is InChI=1S/C16H22F2N2O2/c1-15(2,3)9-16(4,5)20-14(22)13(21)19-12-7-6-10(17)8-11(12)18/h6-8H,9H2,1-5H3,(H,19,21)(H,20,22). The first-order chi connectivity index (χ1) is 9.89. The Morgan fingerprint density at radius 2 is 1.64 bits per heavy atom. The van der Waals surface area contributed by atoms with Gasteiger partial charge in [0.2, 0.25) is 0 Å². The fourth-order valence-electron chi connectivity index (χ4n) is 2.50. The molecule has 0 aromatic heterocycles. The first-order valence-corrected chi connectivity index (χ1v) is 6.98. The van der Waals surface area contributed by atoms with Crippen LogP contribution in [0.1, 0.15) is 41.0 Å². The molecule has 0 radical (unpaired) electrons. The Bertz CT molecular complexity index is 578. The molecule has 0 fully saturated rings. The highest BCUT2D eigenvalue weighted by Gasteiger charge is 2.29. The molecule has 1 aromatic rings. The molecular weight excluding hydrogens is 290 g/mol. The minimum atomic E-state index is -0.993. The van der Waals surface area contributed by atoms with Gasteiger partial charge in [0.1, 0.15) is 11.6 Å². The van der Waals surface area contributed by atoms with Gasteiger partial charge in [-0.05, 0) is 37.8 Å². The van der Waals surface area contributed by atoms with E-state index >= 15 is 0 Å². The van der Waals surface area contributed by atoms with Crippen molar-refractivity contribution in [3.63, 3.8) is 0 Å². The first kappa shape index (κ1) is 18.1. The molecule has 122 valence electrons. The van der Waals surface area contributed by atoms with Crippen LogP contribution in [0.4, 0.5) is 14.5 Å². The van der Waals surface area contributed by atoms with Crippen molar-refractivity contribution in [2.75, 3.05) is 5.32 Å². The third-order valence-corrected chi connectivity index (χ3v) is 2.81. The third-order valence-electron chi connectivity index (χ3n) is 2.81. The average molecular weight is 312 g/mol. The zero-order chi connectivity index (χ0) is 17.1. The van der Waals surface area contributed by atoms with Gasteiger partial charge < -0.3 is 10.6 Å². The van der Waals surface area contributed by atoms with Crippen molar-refractivity contribution in [2.24, 2.45) is 5.41 Å². The van der Waals surface area contributed by atoms with Crippen molar-refractivity contribution in [3.05, 3.63) is 29.8 Å². The largest absolute Gasteiger partial charge is 0.343 e.